The van der Waals surface area contributed by atoms with Crippen LogP contribution in [0.15, 0.2) is 36.2 Å². The molecule has 1 fully saturated rings. The van der Waals surface area contributed by atoms with E-state index in [1.54, 1.807) is 23.9 Å². The molecule has 0 aliphatic carbocycles. The number of nitrogens with one attached hydrogen (secondary N) is 1. The second-order valence-electron chi connectivity index (χ2n) is 5.05. The molecule has 2 heterocycles. The molecule has 0 saturated carbocycles. The fourth-order valence-corrected chi connectivity index (χ4v) is 2.66. The molecule has 1 aliphatic heterocycles. The van der Waals surface area contributed by atoms with E-state index in [9.17, 15) is 9.59 Å². The number of fused-ring (bicyclic) bond motifs is 1. The smallest absolute Gasteiger partial charge is 0.276 e. The Hall–Kier alpha value is -2.67. The number of thiocarbonyl (C=S) groups is 1. The summed E-state index contributed by atoms with van der Waals surface area (Å²) in [6.07, 6.45) is 3.54. The van der Waals surface area contributed by atoms with E-state index in [0.717, 1.165) is 16.5 Å². The lowest BCUT2D eigenvalue weighted by atomic mass is 10.1. The number of likely N-dealkylation sites (N-methyl/N-ethyl adjacent to an activating group) is 1. The Morgan fingerprint density at radius 1 is 1.41 bits per heavy atom. The minimum Gasteiger partial charge on any atom is -0.368 e. The van der Waals surface area contributed by atoms with Crippen molar-refractivity contribution in [1.29, 1.82) is 0 Å². The van der Waals surface area contributed by atoms with Gasteiger partial charge in [0.25, 0.3) is 5.91 Å². The van der Waals surface area contributed by atoms with Crippen LogP contribution in [0.3, 0.4) is 0 Å². The minimum absolute atomic E-state index is 0.0867. The molecule has 2 amide bonds. The molecule has 3 rings (SSSR count). The Labute approximate surface area is 132 Å². The number of para-hydroxylation sites is 1. The number of rotatable bonds is 3. The molecule has 1 aliphatic rings. The van der Waals surface area contributed by atoms with Gasteiger partial charge in [0.15, 0.2) is 5.11 Å². The van der Waals surface area contributed by atoms with Crippen molar-refractivity contribution in [2.24, 2.45) is 5.73 Å². The fraction of sp³-hybridized carbons (Fsp3) is 0.133. The molecule has 7 heteroatoms. The topological polar surface area (TPSA) is 80.4 Å². The SMILES string of the molecule is CN1C(=O)/C(=C/c2cn(CC(N)=O)c3ccccc23)NC1=S. The Balaban J connectivity index is 2.10. The molecule has 0 atom stereocenters. The van der Waals surface area contributed by atoms with E-state index in [2.05, 4.69) is 5.32 Å². The second-order valence-corrected chi connectivity index (χ2v) is 5.43. The maximum atomic E-state index is 12.1. The number of carbonyl (C=O) groups is 2. The molecule has 1 aromatic heterocycles. The molecule has 112 valence electrons. The fourth-order valence-electron chi connectivity index (χ4n) is 2.47. The normalized spacial score (nSPS) is 16.6. The summed E-state index contributed by atoms with van der Waals surface area (Å²) in [6, 6.07) is 7.62. The van der Waals surface area contributed by atoms with Crippen molar-refractivity contribution in [1.82, 2.24) is 14.8 Å². The van der Waals surface area contributed by atoms with Gasteiger partial charge in [0.2, 0.25) is 5.91 Å². The molecule has 6 nitrogen and oxygen atoms in total. The number of nitrogens with two attached hydrogens (primary N) is 1. The van der Waals surface area contributed by atoms with Crippen LogP contribution in [0.2, 0.25) is 0 Å². The summed E-state index contributed by atoms with van der Waals surface area (Å²) in [5.41, 5.74) is 7.40. The van der Waals surface area contributed by atoms with Gasteiger partial charge in [0.1, 0.15) is 12.2 Å². The van der Waals surface area contributed by atoms with Gasteiger partial charge >= 0.3 is 0 Å². The van der Waals surface area contributed by atoms with Crippen molar-refractivity contribution in [3.05, 3.63) is 41.7 Å². The molecule has 0 bridgehead atoms. The Bertz CT molecular complexity index is 837. The monoisotopic (exact) mass is 314 g/mol. The van der Waals surface area contributed by atoms with E-state index in [1.807, 2.05) is 24.3 Å². The van der Waals surface area contributed by atoms with Crippen LogP contribution in [0.5, 0.6) is 0 Å². The number of hydrogen-bond acceptors (Lipinski definition) is 3. The summed E-state index contributed by atoms with van der Waals surface area (Å²) < 4.78 is 1.77. The molecule has 1 saturated heterocycles. The minimum atomic E-state index is -0.420. The zero-order chi connectivity index (χ0) is 15.9. The summed E-state index contributed by atoms with van der Waals surface area (Å²) in [5.74, 6) is -0.604. The number of amides is 2. The number of primary amides is 1. The van der Waals surface area contributed by atoms with E-state index >= 15 is 0 Å². The molecule has 3 N–H and O–H groups in total. The first kappa shape index (κ1) is 14.3. The highest BCUT2D eigenvalue weighted by Crippen LogP contribution is 2.24. The third kappa shape index (κ3) is 2.35. The van der Waals surface area contributed by atoms with E-state index in [4.69, 9.17) is 18.0 Å². The van der Waals surface area contributed by atoms with Crippen molar-refractivity contribution in [3.8, 4) is 0 Å². The van der Waals surface area contributed by atoms with Crippen LogP contribution < -0.4 is 11.1 Å². The van der Waals surface area contributed by atoms with Gasteiger partial charge in [-0.2, -0.15) is 0 Å². The Morgan fingerprint density at radius 3 is 2.77 bits per heavy atom. The molecule has 2 aromatic rings. The van der Waals surface area contributed by atoms with Crippen molar-refractivity contribution in [2.75, 3.05) is 7.05 Å². The summed E-state index contributed by atoms with van der Waals surface area (Å²) >= 11 is 5.06. The number of hydrogen-bond donors (Lipinski definition) is 2. The van der Waals surface area contributed by atoms with Crippen molar-refractivity contribution < 1.29 is 9.59 Å². The maximum absolute atomic E-state index is 12.1. The van der Waals surface area contributed by atoms with Crippen LogP contribution in [0.4, 0.5) is 0 Å². The van der Waals surface area contributed by atoms with Gasteiger partial charge < -0.3 is 15.6 Å². The molecule has 22 heavy (non-hydrogen) atoms. The lowest BCUT2D eigenvalue weighted by molar-refractivity contribution is -0.121. The lowest BCUT2D eigenvalue weighted by Gasteiger charge is -2.02. The highest BCUT2D eigenvalue weighted by molar-refractivity contribution is 7.80. The predicted molar refractivity (Wildman–Crippen MR) is 87.6 cm³/mol. The standard InChI is InChI=1S/C15H14N4O2S/c1-18-14(21)11(17-15(18)22)6-9-7-19(8-13(16)20)12-5-3-2-4-10(9)12/h2-7H,8H2,1H3,(H2,16,20)(H,17,22)/b11-6-. The highest BCUT2D eigenvalue weighted by atomic mass is 32.1. The van der Waals surface area contributed by atoms with Crippen LogP contribution in [-0.2, 0) is 16.1 Å². The van der Waals surface area contributed by atoms with Gasteiger partial charge in [0, 0.05) is 29.7 Å². The van der Waals surface area contributed by atoms with Crippen molar-refractivity contribution >= 4 is 46.1 Å². The molecule has 0 unspecified atom stereocenters. The van der Waals surface area contributed by atoms with Gasteiger partial charge in [-0.3, -0.25) is 14.5 Å². The highest BCUT2D eigenvalue weighted by Gasteiger charge is 2.27. The van der Waals surface area contributed by atoms with Crippen molar-refractivity contribution in [2.45, 2.75) is 6.54 Å². The van der Waals surface area contributed by atoms with E-state index in [0.29, 0.717) is 10.8 Å². The molecule has 0 spiro atoms. The van der Waals surface area contributed by atoms with E-state index in [-0.39, 0.29) is 12.5 Å². The van der Waals surface area contributed by atoms with Gasteiger partial charge in [-0.05, 0) is 24.4 Å². The zero-order valence-corrected chi connectivity index (χ0v) is 12.7. The average molecular weight is 314 g/mol. The van der Waals surface area contributed by atoms with E-state index < -0.39 is 5.91 Å². The number of nitrogens with zero attached hydrogens (tertiary/aromatic N) is 2. The van der Waals surface area contributed by atoms with Gasteiger partial charge in [0.05, 0.1) is 0 Å². The van der Waals surface area contributed by atoms with Crippen LogP contribution in [0.1, 0.15) is 5.56 Å². The second kappa shape index (κ2) is 5.27. The third-order valence-corrected chi connectivity index (χ3v) is 3.90. The lowest BCUT2D eigenvalue weighted by Crippen LogP contribution is -2.25. The van der Waals surface area contributed by atoms with E-state index in [1.165, 1.54) is 4.90 Å². The number of aromatic nitrogens is 1. The third-order valence-electron chi connectivity index (χ3n) is 3.53. The summed E-state index contributed by atoms with van der Waals surface area (Å²) in [7, 11) is 1.62. The summed E-state index contributed by atoms with van der Waals surface area (Å²) in [4.78, 5) is 24.6. The maximum Gasteiger partial charge on any atom is 0.276 e. The first-order valence-electron chi connectivity index (χ1n) is 6.64. The molecular formula is C15H14N4O2S. The van der Waals surface area contributed by atoms with Crippen LogP contribution in [0, 0.1) is 0 Å². The molecular weight excluding hydrogens is 300 g/mol. The van der Waals surface area contributed by atoms with Gasteiger partial charge in [-0.25, -0.2) is 0 Å². The molecule has 0 radical (unpaired) electrons. The van der Waals surface area contributed by atoms with Crippen molar-refractivity contribution in [3.63, 3.8) is 0 Å². The first-order chi connectivity index (χ1) is 10.5. The average Bonchev–Trinajstić information content (AvgIpc) is 2.93. The first-order valence-corrected chi connectivity index (χ1v) is 7.05. The quantitative estimate of drug-likeness (QED) is 0.649. The Kier molecular flexibility index (Phi) is 3.42. The van der Waals surface area contributed by atoms with Gasteiger partial charge in [-0.1, -0.05) is 18.2 Å². The zero-order valence-electron chi connectivity index (χ0n) is 11.9. The van der Waals surface area contributed by atoms with Crippen LogP contribution in [0.25, 0.3) is 17.0 Å². The van der Waals surface area contributed by atoms with Crippen LogP contribution >= 0.6 is 12.2 Å². The molecule has 1 aromatic carbocycles. The number of carbonyl (C=O) groups excluding carboxylic acids is 2. The summed E-state index contributed by atoms with van der Waals surface area (Å²) in [6.45, 7) is 0.0867. The number of benzene rings is 1. The van der Waals surface area contributed by atoms with Crippen LogP contribution in [-0.4, -0.2) is 33.4 Å². The summed E-state index contributed by atoms with van der Waals surface area (Å²) in [5, 5.41) is 4.19. The Morgan fingerprint density at radius 2 is 2.14 bits per heavy atom. The van der Waals surface area contributed by atoms with Gasteiger partial charge in [-0.15, -0.1) is 0 Å². The largest absolute Gasteiger partial charge is 0.368 e. The predicted octanol–water partition coefficient (Wildman–Crippen LogP) is 0.814.